The van der Waals surface area contributed by atoms with Gasteiger partial charge in [-0.15, -0.1) is 0 Å². The molecule has 2 rings (SSSR count). The van der Waals surface area contributed by atoms with Gasteiger partial charge in [-0.1, -0.05) is 0 Å². The Morgan fingerprint density at radius 1 is 1.33 bits per heavy atom. The summed E-state index contributed by atoms with van der Waals surface area (Å²) in [5.41, 5.74) is -0.428. The van der Waals surface area contributed by atoms with Gasteiger partial charge < -0.3 is 9.67 Å². The summed E-state index contributed by atoms with van der Waals surface area (Å²) >= 11 is 0. The second-order valence-corrected chi connectivity index (χ2v) is 3.74. The van der Waals surface area contributed by atoms with Gasteiger partial charge in [-0.2, -0.15) is 5.10 Å². The first kappa shape index (κ1) is 12.0. The molecule has 0 aliphatic carbocycles. The van der Waals surface area contributed by atoms with Crippen molar-refractivity contribution in [1.82, 2.24) is 19.3 Å². The number of carbonyl (C=O) groups is 1. The number of hydrogen-bond acceptors (Lipinski definition) is 4. The first-order valence-electron chi connectivity index (χ1n) is 5.44. The Hall–Kier alpha value is -2.44. The monoisotopic (exact) mass is 248 g/mol. The fourth-order valence-electron chi connectivity index (χ4n) is 1.55. The van der Waals surface area contributed by atoms with Crippen LogP contribution >= 0.6 is 0 Å². The van der Waals surface area contributed by atoms with E-state index in [1.807, 2.05) is 10.8 Å². The van der Waals surface area contributed by atoms with Crippen molar-refractivity contribution in [1.29, 1.82) is 0 Å². The number of carboxylic acid groups (broad SMARTS) is 1. The van der Waals surface area contributed by atoms with Crippen molar-refractivity contribution < 1.29 is 9.90 Å². The van der Waals surface area contributed by atoms with Crippen LogP contribution in [0.4, 0.5) is 0 Å². The predicted molar refractivity (Wildman–Crippen MR) is 62.3 cm³/mol. The number of aromatic nitrogens is 4. The van der Waals surface area contributed by atoms with Crippen molar-refractivity contribution in [3.63, 3.8) is 0 Å². The minimum atomic E-state index is -1.14. The Morgan fingerprint density at radius 2 is 2.17 bits per heavy atom. The van der Waals surface area contributed by atoms with E-state index in [0.717, 1.165) is 0 Å². The average Bonchev–Trinajstić information content (AvgIpc) is 2.84. The van der Waals surface area contributed by atoms with E-state index in [2.05, 4.69) is 10.1 Å². The average molecular weight is 248 g/mol. The van der Waals surface area contributed by atoms with Crippen molar-refractivity contribution in [3.05, 3.63) is 46.9 Å². The molecule has 7 heteroatoms. The number of imidazole rings is 1. The summed E-state index contributed by atoms with van der Waals surface area (Å²) in [6.07, 6.45) is 5.86. The SMILES string of the molecule is O=C(O)c1ccc(=O)n(CCCn2ccnc2)n1. The smallest absolute Gasteiger partial charge is 0.356 e. The lowest BCUT2D eigenvalue weighted by molar-refractivity contribution is 0.0687. The fourth-order valence-corrected chi connectivity index (χ4v) is 1.55. The third-order valence-corrected chi connectivity index (χ3v) is 2.43. The molecule has 0 aromatic carbocycles. The second kappa shape index (κ2) is 5.26. The van der Waals surface area contributed by atoms with Gasteiger partial charge in [-0.25, -0.2) is 14.5 Å². The van der Waals surface area contributed by atoms with E-state index in [1.165, 1.54) is 16.8 Å². The minimum Gasteiger partial charge on any atom is -0.476 e. The molecule has 0 saturated carbocycles. The summed E-state index contributed by atoms with van der Waals surface area (Å²) in [7, 11) is 0. The fraction of sp³-hybridized carbons (Fsp3) is 0.273. The molecule has 0 bridgehead atoms. The first-order chi connectivity index (χ1) is 8.66. The molecule has 94 valence electrons. The molecule has 0 fully saturated rings. The minimum absolute atomic E-state index is 0.128. The van der Waals surface area contributed by atoms with Crippen LogP contribution in [0.25, 0.3) is 0 Å². The molecule has 2 aromatic heterocycles. The molecule has 1 N–H and O–H groups in total. The topological polar surface area (TPSA) is 90.0 Å². The molecule has 0 spiro atoms. The normalized spacial score (nSPS) is 10.4. The zero-order valence-corrected chi connectivity index (χ0v) is 9.56. The van der Waals surface area contributed by atoms with Crippen molar-refractivity contribution in [3.8, 4) is 0 Å². The molecule has 0 aliphatic rings. The molecule has 0 aliphatic heterocycles. The van der Waals surface area contributed by atoms with E-state index in [9.17, 15) is 9.59 Å². The quantitative estimate of drug-likeness (QED) is 0.817. The summed E-state index contributed by atoms with van der Waals surface area (Å²) in [5, 5.41) is 12.6. The molecule has 0 radical (unpaired) electrons. The van der Waals surface area contributed by atoms with Crippen LogP contribution in [0.2, 0.25) is 0 Å². The van der Waals surface area contributed by atoms with Crippen molar-refractivity contribution >= 4 is 5.97 Å². The van der Waals surface area contributed by atoms with Gasteiger partial charge in [-0.05, 0) is 12.5 Å². The van der Waals surface area contributed by atoms with Crippen LogP contribution < -0.4 is 5.56 Å². The van der Waals surface area contributed by atoms with Gasteiger partial charge in [0.15, 0.2) is 5.69 Å². The van der Waals surface area contributed by atoms with Gasteiger partial charge in [0.05, 0.1) is 6.33 Å². The number of rotatable bonds is 5. The number of hydrogen-bond donors (Lipinski definition) is 1. The van der Waals surface area contributed by atoms with Crippen LogP contribution in [0.15, 0.2) is 35.6 Å². The maximum atomic E-state index is 11.5. The largest absolute Gasteiger partial charge is 0.476 e. The Morgan fingerprint density at radius 3 is 2.83 bits per heavy atom. The maximum absolute atomic E-state index is 11.5. The molecule has 2 heterocycles. The van der Waals surface area contributed by atoms with E-state index in [0.29, 0.717) is 19.5 Å². The molecule has 0 atom stereocenters. The summed E-state index contributed by atoms with van der Waals surface area (Å²) < 4.78 is 3.05. The Kier molecular flexibility index (Phi) is 3.52. The number of aryl methyl sites for hydroxylation is 2. The van der Waals surface area contributed by atoms with Crippen molar-refractivity contribution in [2.24, 2.45) is 0 Å². The third-order valence-electron chi connectivity index (χ3n) is 2.43. The predicted octanol–water partition coefficient (Wildman–Crippen LogP) is 0.228. The third kappa shape index (κ3) is 2.82. The maximum Gasteiger partial charge on any atom is 0.356 e. The summed E-state index contributed by atoms with van der Waals surface area (Å²) in [6, 6.07) is 2.42. The summed E-state index contributed by atoms with van der Waals surface area (Å²) in [6.45, 7) is 1.07. The lowest BCUT2D eigenvalue weighted by Gasteiger charge is -2.05. The van der Waals surface area contributed by atoms with E-state index in [4.69, 9.17) is 5.11 Å². The second-order valence-electron chi connectivity index (χ2n) is 3.74. The van der Waals surface area contributed by atoms with E-state index < -0.39 is 5.97 Å². The number of carboxylic acids is 1. The highest BCUT2D eigenvalue weighted by molar-refractivity contribution is 5.84. The zero-order valence-electron chi connectivity index (χ0n) is 9.56. The van der Waals surface area contributed by atoms with E-state index >= 15 is 0 Å². The molecular formula is C11H12N4O3. The molecule has 0 unspecified atom stereocenters. The van der Waals surface area contributed by atoms with Crippen LogP contribution in [0, 0.1) is 0 Å². The number of nitrogens with zero attached hydrogens (tertiary/aromatic N) is 4. The number of aromatic carboxylic acids is 1. The lowest BCUT2D eigenvalue weighted by Crippen LogP contribution is -2.24. The van der Waals surface area contributed by atoms with Crippen molar-refractivity contribution in [2.45, 2.75) is 19.5 Å². The summed E-state index contributed by atoms with van der Waals surface area (Å²) in [4.78, 5) is 26.1. The lowest BCUT2D eigenvalue weighted by atomic mass is 10.4. The molecule has 7 nitrogen and oxygen atoms in total. The van der Waals surface area contributed by atoms with Gasteiger partial charge in [0, 0.05) is 31.5 Å². The van der Waals surface area contributed by atoms with Gasteiger partial charge in [-0.3, -0.25) is 4.79 Å². The van der Waals surface area contributed by atoms with E-state index in [-0.39, 0.29) is 11.3 Å². The van der Waals surface area contributed by atoms with Crippen LogP contribution in [0.3, 0.4) is 0 Å². The van der Waals surface area contributed by atoms with Gasteiger partial charge in [0.1, 0.15) is 0 Å². The molecule has 0 amide bonds. The van der Waals surface area contributed by atoms with Crippen LogP contribution in [-0.4, -0.2) is 30.4 Å². The molecule has 18 heavy (non-hydrogen) atoms. The highest BCUT2D eigenvalue weighted by Crippen LogP contribution is 1.94. The van der Waals surface area contributed by atoms with E-state index in [1.54, 1.807) is 12.5 Å². The molecule has 0 saturated heterocycles. The zero-order chi connectivity index (χ0) is 13.0. The Bertz CT molecular complexity index is 589. The van der Waals surface area contributed by atoms with Gasteiger partial charge in [0.2, 0.25) is 0 Å². The Labute approximate surface area is 102 Å². The van der Waals surface area contributed by atoms with Gasteiger partial charge >= 0.3 is 5.97 Å². The molecular weight excluding hydrogens is 236 g/mol. The van der Waals surface area contributed by atoms with Crippen LogP contribution in [0.5, 0.6) is 0 Å². The molecule has 2 aromatic rings. The highest BCUT2D eigenvalue weighted by atomic mass is 16.4. The van der Waals surface area contributed by atoms with Crippen molar-refractivity contribution in [2.75, 3.05) is 0 Å². The van der Waals surface area contributed by atoms with Crippen LogP contribution in [-0.2, 0) is 13.1 Å². The van der Waals surface area contributed by atoms with Crippen LogP contribution in [0.1, 0.15) is 16.9 Å². The van der Waals surface area contributed by atoms with Gasteiger partial charge in [0.25, 0.3) is 5.56 Å². The first-order valence-corrected chi connectivity index (χ1v) is 5.44. The summed E-state index contributed by atoms with van der Waals surface area (Å²) in [5.74, 6) is -1.14. The highest BCUT2D eigenvalue weighted by Gasteiger charge is 2.06. The standard InChI is InChI=1S/C11H12N4O3/c16-10-3-2-9(11(17)18)13-15(10)6-1-5-14-7-4-12-8-14/h2-4,7-8H,1,5-6H2,(H,17,18). The Balaban J connectivity index is 2.02.